The number of nitrogens with zero attached hydrogens (tertiary/aromatic N) is 2. The van der Waals surface area contributed by atoms with Crippen molar-refractivity contribution in [3.05, 3.63) is 28.2 Å². The summed E-state index contributed by atoms with van der Waals surface area (Å²) in [5.74, 6) is -0.0888. The average Bonchev–Trinajstić information content (AvgIpc) is 3.07. The standard InChI is InChI=1S/C20H23BrF3N3O4/c1-11-15(31-17-8-12(20(22,23)24)2-3-13(17)21)5-7-27(11)19(29)26-6-4-16-14(9-26)25-18(28)10-30-16/h2-3,8,11,14-16H,4-7,9-10H2,1H3,(H,25,28)/t11-,14+,15+,16-/m0/s1. The van der Waals surface area contributed by atoms with Gasteiger partial charge in [0.05, 0.1) is 28.2 Å². The van der Waals surface area contributed by atoms with E-state index < -0.39 is 17.8 Å². The molecule has 3 heterocycles. The second-order valence-corrected chi connectivity index (χ2v) is 8.92. The molecule has 0 aliphatic carbocycles. The highest BCUT2D eigenvalue weighted by molar-refractivity contribution is 9.10. The molecule has 0 radical (unpaired) electrons. The molecule has 3 saturated heterocycles. The number of benzene rings is 1. The second-order valence-electron chi connectivity index (χ2n) is 8.06. The minimum absolute atomic E-state index is 0.0440. The number of piperidine rings is 1. The van der Waals surface area contributed by atoms with E-state index in [0.29, 0.717) is 36.9 Å². The summed E-state index contributed by atoms with van der Waals surface area (Å²) in [6.07, 6.45) is -3.84. The Bertz CT molecular complexity index is 869. The SMILES string of the molecule is C[C@H]1[C@H](Oc2cc(C(F)(F)F)ccc2Br)CCN1C(=O)N1CC[C@@H]2OCC(=O)N[C@@H]2C1. The van der Waals surface area contributed by atoms with Gasteiger partial charge in [0.25, 0.3) is 0 Å². The second kappa shape index (κ2) is 8.50. The van der Waals surface area contributed by atoms with Gasteiger partial charge in [-0.15, -0.1) is 0 Å². The van der Waals surface area contributed by atoms with Crippen LogP contribution in [-0.2, 0) is 15.7 Å². The number of likely N-dealkylation sites (tertiary alicyclic amines) is 2. The highest BCUT2D eigenvalue weighted by Crippen LogP contribution is 2.37. The number of nitrogens with one attached hydrogen (secondary N) is 1. The zero-order valence-electron chi connectivity index (χ0n) is 16.8. The van der Waals surface area contributed by atoms with E-state index in [4.69, 9.17) is 9.47 Å². The van der Waals surface area contributed by atoms with E-state index >= 15 is 0 Å². The van der Waals surface area contributed by atoms with Crippen LogP contribution in [0.4, 0.5) is 18.0 Å². The van der Waals surface area contributed by atoms with Crippen LogP contribution in [0.2, 0.25) is 0 Å². The minimum atomic E-state index is -4.47. The van der Waals surface area contributed by atoms with Crippen molar-refractivity contribution in [2.75, 3.05) is 26.2 Å². The predicted octanol–water partition coefficient (Wildman–Crippen LogP) is 3.02. The van der Waals surface area contributed by atoms with Crippen LogP contribution < -0.4 is 10.1 Å². The maximum atomic E-state index is 13.1. The van der Waals surface area contributed by atoms with Gasteiger partial charge in [-0.3, -0.25) is 4.79 Å². The molecule has 0 spiro atoms. The molecule has 1 aromatic rings. The predicted molar refractivity (Wildman–Crippen MR) is 108 cm³/mol. The normalized spacial score (nSPS) is 28.9. The largest absolute Gasteiger partial charge is 0.487 e. The van der Waals surface area contributed by atoms with E-state index in [0.717, 1.165) is 12.1 Å². The maximum absolute atomic E-state index is 13.1. The number of alkyl halides is 3. The van der Waals surface area contributed by atoms with Gasteiger partial charge < -0.3 is 24.6 Å². The van der Waals surface area contributed by atoms with Gasteiger partial charge in [0.1, 0.15) is 18.5 Å². The van der Waals surface area contributed by atoms with E-state index in [1.165, 1.54) is 6.07 Å². The Labute approximate surface area is 186 Å². The lowest BCUT2D eigenvalue weighted by Crippen LogP contribution is -2.62. The molecule has 3 aliphatic rings. The van der Waals surface area contributed by atoms with Crippen LogP contribution in [0.15, 0.2) is 22.7 Å². The number of halogens is 4. The number of carbonyl (C=O) groups excluding carboxylic acids is 2. The topological polar surface area (TPSA) is 71.1 Å². The molecule has 4 atom stereocenters. The number of carbonyl (C=O) groups is 2. The Balaban J connectivity index is 1.41. The van der Waals surface area contributed by atoms with Gasteiger partial charge in [0.2, 0.25) is 5.91 Å². The molecule has 1 N–H and O–H groups in total. The Morgan fingerprint density at radius 1 is 1.29 bits per heavy atom. The highest BCUT2D eigenvalue weighted by Gasteiger charge is 2.42. The summed E-state index contributed by atoms with van der Waals surface area (Å²) < 4.78 is 51.0. The molecule has 31 heavy (non-hydrogen) atoms. The first kappa shape index (κ1) is 22.2. The van der Waals surface area contributed by atoms with Crippen LogP contribution in [-0.4, -0.2) is 72.3 Å². The lowest BCUT2D eigenvalue weighted by Gasteiger charge is -2.42. The summed E-state index contributed by atoms with van der Waals surface area (Å²) in [5.41, 5.74) is -0.788. The van der Waals surface area contributed by atoms with Crippen molar-refractivity contribution < 1.29 is 32.2 Å². The zero-order valence-corrected chi connectivity index (χ0v) is 18.4. The van der Waals surface area contributed by atoms with E-state index in [9.17, 15) is 22.8 Å². The van der Waals surface area contributed by atoms with Crippen molar-refractivity contribution in [2.45, 2.75) is 50.2 Å². The lowest BCUT2D eigenvalue weighted by molar-refractivity contribution is -0.140. The molecule has 0 unspecified atom stereocenters. The summed E-state index contributed by atoms with van der Waals surface area (Å²) in [6.45, 7) is 3.19. The van der Waals surface area contributed by atoms with Crippen LogP contribution in [0.5, 0.6) is 5.75 Å². The fourth-order valence-corrected chi connectivity index (χ4v) is 4.67. The van der Waals surface area contributed by atoms with E-state index in [-0.39, 0.29) is 42.5 Å². The summed E-state index contributed by atoms with van der Waals surface area (Å²) in [4.78, 5) is 28.1. The van der Waals surface area contributed by atoms with Crippen molar-refractivity contribution >= 4 is 27.9 Å². The van der Waals surface area contributed by atoms with Crippen molar-refractivity contribution in [3.8, 4) is 5.75 Å². The lowest BCUT2D eigenvalue weighted by atomic mass is 10.0. The van der Waals surface area contributed by atoms with E-state index in [2.05, 4.69) is 21.2 Å². The summed E-state index contributed by atoms with van der Waals surface area (Å²) >= 11 is 3.24. The fourth-order valence-electron chi connectivity index (χ4n) is 4.33. The Kier molecular flexibility index (Phi) is 6.08. The first-order chi connectivity index (χ1) is 14.6. The highest BCUT2D eigenvalue weighted by atomic mass is 79.9. The van der Waals surface area contributed by atoms with Crippen molar-refractivity contribution in [1.29, 1.82) is 0 Å². The van der Waals surface area contributed by atoms with Crippen LogP contribution in [0.25, 0.3) is 0 Å². The maximum Gasteiger partial charge on any atom is 0.416 e. The Hall–Kier alpha value is -2.01. The molecule has 3 fully saturated rings. The molecular weight excluding hydrogens is 483 g/mol. The number of ether oxygens (including phenoxy) is 2. The molecular formula is C20H23BrF3N3O4. The Morgan fingerprint density at radius 3 is 2.81 bits per heavy atom. The molecule has 11 heteroatoms. The number of hydrogen-bond donors (Lipinski definition) is 1. The third kappa shape index (κ3) is 4.62. The number of fused-ring (bicyclic) bond motifs is 1. The van der Waals surface area contributed by atoms with Crippen molar-refractivity contribution in [3.63, 3.8) is 0 Å². The van der Waals surface area contributed by atoms with E-state index in [1.807, 2.05) is 6.92 Å². The molecule has 4 rings (SSSR count). The molecule has 1 aromatic carbocycles. The molecule has 3 amide bonds. The van der Waals surface area contributed by atoms with Crippen LogP contribution >= 0.6 is 15.9 Å². The zero-order chi connectivity index (χ0) is 22.3. The van der Waals surface area contributed by atoms with Gasteiger partial charge in [-0.05, 0) is 47.5 Å². The molecule has 0 bridgehead atoms. The monoisotopic (exact) mass is 505 g/mol. The molecule has 7 nitrogen and oxygen atoms in total. The third-order valence-corrected chi connectivity index (χ3v) is 6.72. The quantitative estimate of drug-likeness (QED) is 0.670. The van der Waals surface area contributed by atoms with Gasteiger partial charge in [-0.2, -0.15) is 13.2 Å². The average molecular weight is 506 g/mol. The van der Waals surface area contributed by atoms with E-state index in [1.54, 1.807) is 9.80 Å². The smallest absolute Gasteiger partial charge is 0.416 e. The molecule has 0 saturated carbocycles. The number of urea groups is 1. The Morgan fingerprint density at radius 2 is 2.06 bits per heavy atom. The first-order valence-corrected chi connectivity index (χ1v) is 10.9. The molecule has 170 valence electrons. The van der Waals surface area contributed by atoms with Crippen molar-refractivity contribution in [2.24, 2.45) is 0 Å². The van der Waals surface area contributed by atoms with Gasteiger partial charge in [-0.1, -0.05) is 0 Å². The summed E-state index contributed by atoms with van der Waals surface area (Å²) in [6, 6.07) is 2.56. The van der Waals surface area contributed by atoms with Crippen LogP contribution in [0, 0.1) is 0 Å². The minimum Gasteiger partial charge on any atom is -0.487 e. The summed E-state index contributed by atoms with van der Waals surface area (Å²) in [5, 5.41) is 2.87. The molecule has 3 aliphatic heterocycles. The number of amides is 3. The van der Waals surface area contributed by atoms with Gasteiger partial charge in [0.15, 0.2) is 0 Å². The van der Waals surface area contributed by atoms with Crippen LogP contribution in [0.1, 0.15) is 25.3 Å². The number of hydrogen-bond acceptors (Lipinski definition) is 4. The van der Waals surface area contributed by atoms with Crippen LogP contribution in [0.3, 0.4) is 0 Å². The molecule has 0 aromatic heterocycles. The van der Waals surface area contributed by atoms with Gasteiger partial charge in [-0.25, -0.2) is 4.79 Å². The van der Waals surface area contributed by atoms with Gasteiger partial charge >= 0.3 is 12.2 Å². The fraction of sp³-hybridized carbons (Fsp3) is 0.600. The van der Waals surface area contributed by atoms with Crippen molar-refractivity contribution in [1.82, 2.24) is 15.1 Å². The number of rotatable bonds is 2. The number of morpholine rings is 1. The van der Waals surface area contributed by atoms with Gasteiger partial charge in [0, 0.05) is 26.1 Å². The first-order valence-electron chi connectivity index (χ1n) is 10.1. The summed E-state index contributed by atoms with van der Waals surface area (Å²) in [7, 11) is 0. The third-order valence-electron chi connectivity index (χ3n) is 6.06.